The first-order valence-electron chi connectivity index (χ1n) is 10.2. The summed E-state index contributed by atoms with van der Waals surface area (Å²) in [6.45, 7) is 1.52. The number of amidine groups is 1. The fraction of sp³-hybridized carbons (Fsp3) is 0.300. The number of aromatic nitrogens is 5. The van der Waals surface area contributed by atoms with Crippen molar-refractivity contribution in [2.75, 3.05) is 26.3 Å². The monoisotopic (exact) mass is 504 g/mol. The average Bonchev–Trinajstić information content (AvgIpc) is 3.53. The van der Waals surface area contributed by atoms with E-state index in [-0.39, 0.29) is 23.2 Å². The number of benzene rings is 1. The van der Waals surface area contributed by atoms with Crippen molar-refractivity contribution in [1.29, 1.82) is 0 Å². The number of rotatable bonds is 6. The summed E-state index contributed by atoms with van der Waals surface area (Å²) >= 11 is 7.68. The normalized spacial score (nSPS) is 21.3. The summed E-state index contributed by atoms with van der Waals surface area (Å²) in [7, 11) is 0. The molecule has 176 valence electrons. The number of morpholine rings is 1. The van der Waals surface area contributed by atoms with Gasteiger partial charge in [-0.05, 0) is 12.1 Å². The molecular formula is C20H18ClFN8O3S. The number of ether oxygens (including phenoxy) is 1. The molecule has 2 aliphatic heterocycles. The number of halogens is 2. The smallest absolute Gasteiger partial charge is 0.335 e. The Labute approximate surface area is 201 Å². The maximum atomic E-state index is 13.7. The topological polar surface area (TPSA) is 142 Å². The van der Waals surface area contributed by atoms with Crippen molar-refractivity contribution < 1.29 is 19.0 Å². The third-order valence-electron chi connectivity index (χ3n) is 5.51. The van der Waals surface area contributed by atoms with Crippen molar-refractivity contribution in [3.05, 3.63) is 68.3 Å². The molecule has 0 saturated carbocycles. The highest BCUT2D eigenvalue weighted by molar-refractivity contribution is 7.11. The van der Waals surface area contributed by atoms with E-state index in [9.17, 15) is 14.3 Å². The fourth-order valence-electron chi connectivity index (χ4n) is 3.95. The van der Waals surface area contributed by atoms with E-state index in [1.165, 1.54) is 23.5 Å². The van der Waals surface area contributed by atoms with Gasteiger partial charge in [-0.1, -0.05) is 22.9 Å². The van der Waals surface area contributed by atoms with Gasteiger partial charge in [-0.2, -0.15) is 5.21 Å². The highest BCUT2D eigenvalue weighted by Gasteiger charge is 2.36. The van der Waals surface area contributed by atoms with Crippen LogP contribution < -0.4 is 5.32 Å². The van der Waals surface area contributed by atoms with Gasteiger partial charge in [0, 0.05) is 40.9 Å². The molecule has 4 heterocycles. The summed E-state index contributed by atoms with van der Waals surface area (Å²) in [6.07, 6.45) is 1.63. The molecule has 3 aromatic rings. The van der Waals surface area contributed by atoms with Crippen molar-refractivity contribution in [3.8, 4) is 0 Å². The first-order valence-corrected chi connectivity index (χ1v) is 11.5. The Morgan fingerprint density at radius 3 is 3.00 bits per heavy atom. The van der Waals surface area contributed by atoms with Crippen LogP contribution in [0.1, 0.15) is 28.5 Å². The van der Waals surface area contributed by atoms with E-state index >= 15 is 0 Å². The second-order valence-corrected chi connectivity index (χ2v) is 8.84. The van der Waals surface area contributed by atoms with E-state index < -0.39 is 17.8 Å². The van der Waals surface area contributed by atoms with Gasteiger partial charge >= 0.3 is 5.97 Å². The Morgan fingerprint density at radius 2 is 2.29 bits per heavy atom. The molecule has 2 aliphatic rings. The van der Waals surface area contributed by atoms with Gasteiger partial charge in [0.2, 0.25) is 0 Å². The van der Waals surface area contributed by atoms with Gasteiger partial charge < -0.3 is 15.2 Å². The molecule has 0 radical (unpaired) electrons. The number of hydrogen-bond acceptors (Lipinski definition) is 10. The van der Waals surface area contributed by atoms with Crippen LogP contribution >= 0.6 is 22.9 Å². The van der Waals surface area contributed by atoms with Gasteiger partial charge in [-0.3, -0.25) is 9.89 Å². The lowest BCUT2D eigenvalue weighted by Gasteiger charge is -2.36. The molecule has 0 spiro atoms. The number of hydrogen-bond donors (Lipinski definition) is 3. The highest BCUT2D eigenvalue weighted by Crippen LogP contribution is 2.37. The summed E-state index contributed by atoms with van der Waals surface area (Å²) in [5.41, 5.74) is 0.797. The summed E-state index contributed by atoms with van der Waals surface area (Å²) < 4.78 is 19.3. The van der Waals surface area contributed by atoms with Crippen molar-refractivity contribution >= 4 is 34.7 Å². The van der Waals surface area contributed by atoms with E-state index in [4.69, 9.17) is 16.3 Å². The van der Waals surface area contributed by atoms with Crippen LogP contribution in [0.25, 0.3) is 0 Å². The summed E-state index contributed by atoms with van der Waals surface area (Å²) in [4.78, 5) is 23.4. The minimum atomic E-state index is -1.17. The standard InChI is InChI=1S/C20H18ClFN8O3S/c21-12-7-10(22)1-2-11(12)16-15(20(31)32)13(24-18(25-16)19-23-3-6-34-19)8-30-4-5-33-9-14(30)17-26-28-29-27-17/h1-3,6-7,14,16H,4-5,8-9H2,(H,24,25)(H,31,32)(H,26,27,28,29)/t14-,16-/m0/s1. The Bertz CT molecular complexity index is 1250. The molecule has 2 atom stereocenters. The van der Waals surface area contributed by atoms with Gasteiger partial charge in [-0.25, -0.2) is 14.2 Å². The molecule has 11 nitrogen and oxygen atoms in total. The Morgan fingerprint density at radius 1 is 1.41 bits per heavy atom. The Kier molecular flexibility index (Phi) is 6.32. The molecular weight excluding hydrogens is 487 g/mol. The molecule has 0 bridgehead atoms. The third kappa shape index (κ3) is 4.42. The maximum Gasteiger partial charge on any atom is 0.335 e. The molecule has 0 amide bonds. The van der Waals surface area contributed by atoms with Crippen LogP contribution in [-0.4, -0.2) is 73.7 Å². The minimum Gasteiger partial charge on any atom is -0.478 e. The number of aromatic amines is 1. The first-order chi connectivity index (χ1) is 16.5. The van der Waals surface area contributed by atoms with Crippen LogP contribution in [0.4, 0.5) is 4.39 Å². The molecule has 1 aromatic carbocycles. The number of carboxylic acids is 1. The molecule has 3 N–H and O–H groups in total. The van der Waals surface area contributed by atoms with Crippen LogP contribution in [0.2, 0.25) is 5.02 Å². The van der Waals surface area contributed by atoms with Crippen LogP contribution in [0.15, 0.2) is 46.0 Å². The molecule has 34 heavy (non-hydrogen) atoms. The second kappa shape index (κ2) is 9.54. The van der Waals surface area contributed by atoms with Crippen LogP contribution in [0.5, 0.6) is 0 Å². The lowest BCUT2D eigenvalue weighted by molar-refractivity contribution is -0.133. The van der Waals surface area contributed by atoms with Gasteiger partial charge in [0.15, 0.2) is 16.7 Å². The Balaban J connectivity index is 1.58. The molecule has 5 rings (SSSR count). The number of carboxylic acid groups (broad SMARTS) is 1. The second-order valence-electron chi connectivity index (χ2n) is 7.54. The van der Waals surface area contributed by atoms with Gasteiger partial charge in [0.05, 0.1) is 24.8 Å². The summed E-state index contributed by atoms with van der Waals surface area (Å²) in [5.74, 6) is -0.840. The maximum absolute atomic E-state index is 13.7. The van der Waals surface area contributed by atoms with E-state index in [1.54, 1.807) is 11.6 Å². The largest absolute Gasteiger partial charge is 0.478 e. The molecule has 1 saturated heterocycles. The molecule has 14 heteroatoms. The van der Waals surface area contributed by atoms with Crippen molar-refractivity contribution in [2.45, 2.75) is 12.1 Å². The predicted molar refractivity (Wildman–Crippen MR) is 120 cm³/mol. The third-order valence-corrected chi connectivity index (χ3v) is 6.62. The number of thiazole rings is 1. The van der Waals surface area contributed by atoms with Crippen molar-refractivity contribution in [2.24, 2.45) is 4.99 Å². The van der Waals surface area contributed by atoms with Crippen LogP contribution in [-0.2, 0) is 9.53 Å². The predicted octanol–water partition coefficient (Wildman–Crippen LogP) is 1.95. The Hall–Kier alpha value is -3.26. The van der Waals surface area contributed by atoms with Crippen LogP contribution in [0, 0.1) is 5.82 Å². The highest BCUT2D eigenvalue weighted by atomic mass is 35.5. The number of carbonyl (C=O) groups is 1. The quantitative estimate of drug-likeness (QED) is 0.459. The van der Waals surface area contributed by atoms with Gasteiger partial charge in [-0.15, -0.1) is 21.5 Å². The van der Waals surface area contributed by atoms with E-state index in [1.807, 2.05) is 4.90 Å². The lowest BCUT2D eigenvalue weighted by Crippen LogP contribution is -2.45. The number of aliphatic carboxylic acids is 1. The molecule has 0 unspecified atom stereocenters. The number of H-pyrrole nitrogens is 1. The number of tetrazole rings is 1. The molecule has 1 fully saturated rings. The zero-order valence-corrected chi connectivity index (χ0v) is 19.1. The number of nitrogens with one attached hydrogen (secondary N) is 2. The van der Waals surface area contributed by atoms with Crippen LogP contribution in [0.3, 0.4) is 0 Å². The fourth-order valence-corrected chi connectivity index (χ4v) is 4.81. The van der Waals surface area contributed by atoms with Gasteiger partial charge in [0.1, 0.15) is 11.9 Å². The molecule has 0 aliphatic carbocycles. The number of aliphatic imine (C=N–C) groups is 1. The lowest BCUT2D eigenvalue weighted by atomic mass is 9.95. The number of nitrogens with zero attached hydrogens (tertiary/aromatic N) is 6. The zero-order valence-electron chi connectivity index (χ0n) is 17.5. The van der Waals surface area contributed by atoms with Gasteiger partial charge in [0.25, 0.3) is 0 Å². The zero-order chi connectivity index (χ0) is 23.7. The minimum absolute atomic E-state index is 0.00664. The van der Waals surface area contributed by atoms with Crippen molar-refractivity contribution in [3.63, 3.8) is 0 Å². The van der Waals surface area contributed by atoms with E-state index in [2.05, 4.69) is 35.9 Å². The summed E-state index contributed by atoms with van der Waals surface area (Å²) in [5, 5.41) is 30.0. The van der Waals surface area contributed by atoms with E-state index in [0.717, 1.165) is 6.07 Å². The van der Waals surface area contributed by atoms with Crippen molar-refractivity contribution in [1.82, 2.24) is 35.8 Å². The average molecular weight is 505 g/mol. The first kappa shape index (κ1) is 22.5. The summed E-state index contributed by atoms with van der Waals surface area (Å²) in [6, 6.07) is 2.53. The molecule has 2 aromatic heterocycles. The van der Waals surface area contributed by atoms with E-state index in [0.29, 0.717) is 47.7 Å². The SMILES string of the molecule is O=C(O)C1=C(CN2CCOC[C@H]2c2nn[nH]n2)NC(c2nccs2)=N[C@H]1c1ccc(F)cc1Cl.